The van der Waals surface area contributed by atoms with Crippen LogP contribution in [0, 0.1) is 19.8 Å². The van der Waals surface area contributed by atoms with Crippen molar-refractivity contribution in [2.24, 2.45) is 5.92 Å². The van der Waals surface area contributed by atoms with Crippen molar-refractivity contribution in [3.63, 3.8) is 0 Å². The second-order valence-electron chi connectivity index (χ2n) is 5.68. The molecular weight excluding hydrogens is 288 g/mol. The fourth-order valence-corrected chi connectivity index (χ4v) is 3.61. The zero-order valence-electron chi connectivity index (χ0n) is 13.3. The summed E-state index contributed by atoms with van der Waals surface area (Å²) in [5.41, 5.74) is 7.59. The maximum Gasteiger partial charge on any atom is 0.241 e. The van der Waals surface area contributed by atoms with E-state index < -0.39 is 10.0 Å². The summed E-state index contributed by atoms with van der Waals surface area (Å²) in [5.74, 6) is 0.585. The molecule has 1 aromatic rings. The third-order valence-electron chi connectivity index (χ3n) is 3.13. The van der Waals surface area contributed by atoms with Crippen molar-refractivity contribution in [1.82, 2.24) is 4.72 Å². The van der Waals surface area contributed by atoms with Crippen LogP contribution < -0.4 is 10.5 Å². The Morgan fingerprint density at radius 3 is 2.29 bits per heavy atom. The van der Waals surface area contributed by atoms with Crippen molar-refractivity contribution in [3.8, 4) is 0 Å². The second kappa shape index (κ2) is 7.77. The third kappa shape index (κ3) is 5.65. The first-order chi connectivity index (χ1) is 9.74. The van der Waals surface area contributed by atoms with E-state index >= 15 is 0 Å². The Kier molecular flexibility index (Phi) is 6.64. The van der Waals surface area contributed by atoms with Gasteiger partial charge in [-0.2, -0.15) is 0 Å². The van der Waals surface area contributed by atoms with Crippen molar-refractivity contribution in [3.05, 3.63) is 23.3 Å². The van der Waals surface area contributed by atoms with Crippen LogP contribution in [-0.2, 0) is 14.8 Å². The summed E-state index contributed by atoms with van der Waals surface area (Å²) in [7, 11) is -3.53. The first-order valence-corrected chi connectivity index (χ1v) is 8.66. The lowest BCUT2D eigenvalue weighted by Gasteiger charge is -2.13. The van der Waals surface area contributed by atoms with Crippen LogP contribution in [0.5, 0.6) is 0 Å². The normalized spacial score (nSPS) is 12.0. The Labute approximate surface area is 127 Å². The Morgan fingerprint density at radius 2 is 1.76 bits per heavy atom. The largest absolute Gasteiger partial charge is 0.399 e. The molecule has 0 aromatic heterocycles. The first kappa shape index (κ1) is 17.9. The molecule has 0 aliphatic heterocycles. The van der Waals surface area contributed by atoms with Crippen LogP contribution in [0.1, 0.15) is 31.4 Å². The Bertz CT molecular complexity index is 545. The van der Waals surface area contributed by atoms with Gasteiger partial charge < -0.3 is 10.5 Å². The monoisotopic (exact) mass is 314 g/mol. The van der Waals surface area contributed by atoms with Crippen molar-refractivity contribution in [2.75, 3.05) is 25.5 Å². The Hall–Kier alpha value is -1.11. The minimum atomic E-state index is -3.53. The molecule has 0 fully saturated rings. The SMILES string of the molecule is Cc1cc(N)cc(C)c1S(=O)(=O)NCCOCCC(C)C. The summed E-state index contributed by atoms with van der Waals surface area (Å²) < 4.78 is 32.6. The van der Waals surface area contributed by atoms with Gasteiger partial charge in [0.2, 0.25) is 10.0 Å². The highest BCUT2D eigenvalue weighted by atomic mass is 32.2. The molecule has 6 heteroatoms. The summed E-state index contributed by atoms with van der Waals surface area (Å²) in [6.45, 7) is 9.04. The van der Waals surface area contributed by atoms with Gasteiger partial charge in [-0.25, -0.2) is 13.1 Å². The number of nitrogen functional groups attached to an aromatic ring is 1. The highest BCUT2D eigenvalue weighted by Crippen LogP contribution is 2.22. The summed E-state index contributed by atoms with van der Waals surface area (Å²) in [4.78, 5) is 0.305. The molecule has 0 unspecified atom stereocenters. The van der Waals surface area contributed by atoms with Gasteiger partial charge in [-0.3, -0.25) is 0 Å². The van der Waals surface area contributed by atoms with Gasteiger partial charge in [0.15, 0.2) is 0 Å². The molecule has 0 atom stereocenters. The number of benzene rings is 1. The van der Waals surface area contributed by atoms with Gasteiger partial charge in [0.25, 0.3) is 0 Å². The van der Waals surface area contributed by atoms with Crippen LogP contribution in [0.15, 0.2) is 17.0 Å². The van der Waals surface area contributed by atoms with Crippen LogP contribution in [0.25, 0.3) is 0 Å². The van der Waals surface area contributed by atoms with E-state index in [1.54, 1.807) is 26.0 Å². The molecule has 21 heavy (non-hydrogen) atoms. The zero-order chi connectivity index (χ0) is 16.0. The van der Waals surface area contributed by atoms with E-state index in [0.717, 1.165) is 6.42 Å². The van der Waals surface area contributed by atoms with Crippen LogP contribution in [0.2, 0.25) is 0 Å². The molecule has 5 nitrogen and oxygen atoms in total. The second-order valence-corrected chi connectivity index (χ2v) is 7.38. The molecule has 0 saturated heterocycles. The van der Waals surface area contributed by atoms with Crippen LogP contribution >= 0.6 is 0 Å². The maximum absolute atomic E-state index is 12.3. The number of aryl methyl sites for hydroxylation is 2. The molecular formula is C15H26N2O3S. The quantitative estimate of drug-likeness (QED) is 0.569. The number of sulfonamides is 1. The van der Waals surface area contributed by atoms with Crippen LogP contribution in [0.3, 0.4) is 0 Å². The number of nitrogens with one attached hydrogen (secondary N) is 1. The molecule has 0 spiro atoms. The summed E-state index contributed by atoms with van der Waals surface area (Å²) in [6, 6.07) is 3.33. The maximum atomic E-state index is 12.3. The molecule has 0 amide bonds. The van der Waals surface area contributed by atoms with Crippen molar-refractivity contribution in [1.29, 1.82) is 0 Å². The van der Waals surface area contributed by atoms with Gasteiger partial charge >= 0.3 is 0 Å². The molecule has 0 aliphatic carbocycles. The zero-order valence-corrected chi connectivity index (χ0v) is 14.1. The average molecular weight is 314 g/mol. The number of nitrogens with two attached hydrogens (primary N) is 1. The predicted molar refractivity (Wildman–Crippen MR) is 85.8 cm³/mol. The lowest BCUT2D eigenvalue weighted by Crippen LogP contribution is -2.29. The number of hydrogen-bond acceptors (Lipinski definition) is 4. The van der Waals surface area contributed by atoms with Gasteiger partial charge in [0.1, 0.15) is 0 Å². The predicted octanol–water partition coefficient (Wildman–Crippen LogP) is 2.23. The average Bonchev–Trinajstić information content (AvgIpc) is 2.31. The van der Waals surface area contributed by atoms with Gasteiger partial charge in [-0.1, -0.05) is 13.8 Å². The number of rotatable bonds is 8. The molecule has 0 aliphatic rings. The van der Waals surface area contributed by atoms with E-state index in [-0.39, 0.29) is 6.54 Å². The van der Waals surface area contributed by atoms with Gasteiger partial charge in [0.05, 0.1) is 11.5 Å². The first-order valence-electron chi connectivity index (χ1n) is 7.18. The molecule has 0 saturated carbocycles. The van der Waals surface area contributed by atoms with E-state index in [9.17, 15) is 8.42 Å². The van der Waals surface area contributed by atoms with Crippen LogP contribution in [0.4, 0.5) is 5.69 Å². The number of ether oxygens (including phenoxy) is 1. The Balaban J connectivity index is 2.59. The molecule has 3 N–H and O–H groups in total. The summed E-state index contributed by atoms with van der Waals surface area (Å²) in [5, 5.41) is 0. The van der Waals surface area contributed by atoms with Gasteiger partial charge in [0, 0.05) is 18.8 Å². The number of hydrogen-bond donors (Lipinski definition) is 2. The third-order valence-corrected chi connectivity index (χ3v) is 4.89. The minimum absolute atomic E-state index is 0.268. The van der Waals surface area contributed by atoms with E-state index in [4.69, 9.17) is 10.5 Å². The molecule has 1 aromatic carbocycles. The topological polar surface area (TPSA) is 81.4 Å². The highest BCUT2D eigenvalue weighted by Gasteiger charge is 2.19. The molecule has 0 radical (unpaired) electrons. The molecule has 0 bridgehead atoms. The van der Waals surface area contributed by atoms with E-state index in [1.165, 1.54) is 0 Å². The fraction of sp³-hybridized carbons (Fsp3) is 0.600. The summed E-state index contributed by atoms with van der Waals surface area (Å²) in [6.07, 6.45) is 0.975. The molecule has 0 heterocycles. The van der Waals surface area contributed by atoms with E-state index in [0.29, 0.717) is 40.8 Å². The van der Waals surface area contributed by atoms with Crippen molar-refractivity contribution >= 4 is 15.7 Å². The van der Waals surface area contributed by atoms with Crippen LogP contribution in [-0.4, -0.2) is 28.2 Å². The Morgan fingerprint density at radius 1 is 1.19 bits per heavy atom. The van der Waals surface area contributed by atoms with Gasteiger partial charge in [-0.05, 0) is 49.4 Å². The van der Waals surface area contributed by atoms with E-state index in [2.05, 4.69) is 18.6 Å². The summed E-state index contributed by atoms with van der Waals surface area (Å²) >= 11 is 0. The fourth-order valence-electron chi connectivity index (χ4n) is 2.15. The number of anilines is 1. The van der Waals surface area contributed by atoms with E-state index in [1.807, 2.05) is 0 Å². The highest BCUT2D eigenvalue weighted by molar-refractivity contribution is 7.89. The standard InChI is InChI=1S/C15H26N2O3S/c1-11(2)5-7-20-8-6-17-21(18,19)15-12(3)9-14(16)10-13(15)4/h9-11,17H,5-8,16H2,1-4H3. The van der Waals surface area contributed by atoms with Crippen molar-refractivity contribution in [2.45, 2.75) is 39.0 Å². The minimum Gasteiger partial charge on any atom is -0.399 e. The lowest BCUT2D eigenvalue weighted by molar-refractivity contribution is 0.128. The van der Waals surface area contributed by atoms with Gasteiger partial charge in [-0.15, -0.1) is 0 Å². The van der Waals surface area contributed by atoms with Crippen molar-refractivity contribution < 1.29 is 13.2 Å². The smallest absolute Gasteiger partial charge is 0.241 e. The molecule has 120 valence electrons. The molecule has 1 rings (SSSR count). The lowest BCUT2D eigenvalue weighted by atomic mass is 10.1.